The first-order valence-corrected chi connectivity index (χ1v) is 7.10. The van der Waals surface area contributed by atoms with Gasteiger partial charge in [0.1, 0.15) is 12.1 Å². The van der Waals surface area contributed by atoms with Crippen molar-refractivity contribution in [1.82, 2.24) is 15.2 Å². The van der Waals surface area contributed by atoms with Crippen molar-refractivity contribution < 1.29 is 4.42 Å². The van der Waals surface area contributed by atoms with Crippen molar-refractivity contribution >= 4 is 29.1 Å². The Morgan fingerprint density at radius 3 is 2.70 bits per heavy atom. The van der Waals surface area contributed by atoms with Crippen LogP contribution in [0.4, 0.5) is 5.69 Å². The summed E-state index contributed by atoms with van der Waals surface area (Å²) in [6.07, 6.45) is 1.49. The summed E-state index contributed by atoms with van der Waals surface area (Å²) in [6, 6.07) is 11.6. The highest BCUT2D eigenvalue weighted by molar-refractivity contribution is 7.99. The molecule has 1 aromatic carbocycles. The van der Waals surface area contributed by atoms with E-state index < -0.39 is 0 Å². The molecule has 0 saturated heterocycles. The molecule has 0 aliphatic heterocycles. The van der Waals surface area contributed by atoms with Gasteiger partial charge in [-0.1, -0.05) is 11.8 Å². The fourth-order valence-electron chi connectivity index (χ4n) is 1.63. The molecule has 0 saturated carbocycles. The Balaban J connectivity index is 1.58. The molecule has 0 atom stereocenters. The molecule has 0 unspecified atom stereocenters. The third-order valence-corrected chi connectivity index (χ3v) is 3.66. The number of benzene rings is 1. The van der Waals surface area contributed by atoms with Gasteiger partial charge in [0.25, 0.3) is 0 Å². The van der Waals surface area contributed by atoms with E-state index in [-0.39, 0.29) is 0 Å². The number of hydrogen-bond acceptors (Lipinski definition) is 5. The Morgan fingerprint density at radius 1 is 1.20 bits per heavy atom. The minimum absolute atomic E-state index is 0.403. The molecule has 5 nitrogen and oxygen atoms in total. The van der Waals surface area contributed by atoms with E-state index >= 15 is 0 Å². The third-order valence-electron chi connectivity index (χ3n) is 2.56. The van der Waals surface area contributed by atoms with Crippen molar-refractivity contribution in [1.29, 1.82) is 0 Å². The maximum absolute atomic E-state index is 5.72. The van der Waals surface area contributed by atoms with E-state index in [2.05, 4.69) is 20.5 Å². The lowest BCUT2D eigenvalue weighted by Crippen LogP contribution is -1.97. The lowest BCUT2D eigenvalue weighted by Gasteiger charge is -2.05. The van der Waals surface area contributed by atoms with Crippen molar-refractivity contribution in [2.24, 2.45) is 0 Å². The molecule has 0 bridgehead atoms. The summed E-state index contributed by atoms with van der Waals surface area (Å²) in [5.74, 6) is 0.801. The number of rotatable bonds is 5. The third kappa shape index (κ3) is 3.34. The van der Waals surface area contributed by atoms with Crippen LogP contribution in [0.25, 0.3) is 0 Å². The molecule has 0 amide bonds. The van der Waals surface area contributed by atoms with Gasteiger partial charge in [0.2, 0.25) is 0 Å². The Bertz CT molecular complexity index is 666. The molecule has 0 fully saturated rings. The second-order valence-electron chi connectivity index (χ2n) is 3.98. The van der Waals surface area contributed by atoms with E-state index in [4.69, 9.17) is 16.0 Å². The van der Waals surface area contributed by atoms with Crippen LogP contribution in [0.1, 0.15) is 5.76 Å². The van der Waals surface area contributed by atoms with Crippen LogP contribution in [0.2, 0.25) is 5.22 Å². The average molecular weight is 307 g/mol. The van der Waals surface area contributed by atoms with Gasteiger partial charge in [0.15, 0.2) is 10.4 Å². The van der Waals surface area contributed by atoms with Crippen LogP contribution >= 0.6 is 23.4 Å². The maximum Gasteiger partial charge on any atom is 0.193 e. The number of nitrogens with zero attached hydrogens (tertiary/aromatic N) is 2. The fraction of sp³-hybridized carbons (Fsp3) is 0.0769. The van der Waals surface area contributed by atoms with Crippen molar-refractivity contribution in [2.75, 3.05) is 5.32 Å². The van der Waals surface area contributed by atoms with Gasteiger partial charge in [-0.2, -0.15) is 5.10 Å². The number of nitrogens with one attached hydrogen (secondary N) is 2. The molecule has 2 aromatic heterocycles. The first-order chi connectivity index (χ1) is 9.79. The SMILES string of the molecule is Clc1ccc(CNc2ccc(Sc3ncn[nH]3)cc2)o1. The van der Waals surface area contributed by atoms with Crippen molar-refractivity contribution in [3.05, 3.63) is 53.7 Å². The van der Waals surface area contributed by atoms with Gasteiger partial charge in [0.05, 0.1) is 6.54 Å². The van der Waals surface area contributed by atoms with E-state index in [1.54, 1.807) is 6.07 Å². The van der Waals surface area contributed by atoms with E-state index in [0.29, 0.717) is 11.8 Å². The fourth-order valence-corrected chi connectivity index (χ4v) is 2.49. The second-order valence-corrected chi connectivity index (χ2v) is 5.41. The minimum Gasteiger partial charge on any atom is -0.448 e. The maximum atomic E-state index is 5.72. The average Bonchev–Trinajstić information content (AvgIpc) is 3.10. The molecule has 7 heteroatoms. The number of H-pyrrole nitrogens is 1. The van der Waals surface area contributed by atoms with Gasteiger partial charge in [-0.3, -0.25) is 5.10 Å². The zero-order chi connectivity index (χ0) is 13.8. The number of anilines is 1. The first-order valence-electron chi connectivity index (χ1n) is 5.91. The molecular formula is C13H11ClN4OS. The molecule has 0 aliphatic rings. The normalized spacial score (nSPS) is 10.7. The van der Waals surface area contributed by atoms with Crippen LogP contribution in [0, 0.1) is 0 Å². The number of aromatic nitrogens is 3. The van der Waals surface area contributed by atoms with E-state index in [0.717, 1.165) is 21.5 Å². The van der Waals surface area contributed by atoms with Gasteiger partial charge in [-0.25, -0.2) is 4.98 Å². The Labute approximate surface area is 124 Å². The molecule has 3 aromatic rings. The molecule has 3 rings (SSSR count). The Morgan fingerprint density at radius 2 is 2.05 bits per heavy atom. The summed E-state index contributed by atoms with van der Waals surface area (Å²) in [7, 11) is 0. The van der Waals surface area contributed by atoms with Gasteiger partial charge in [-0.15, -0.1) is 0 Å². The van der Waals surface area contributed by atoms with E-state index in [9.17, 15) is 0 Å². The topological polar surface area (TPSA) is 66.7 Å². The van der Waals surface area contributed by atoms with Crippen LogP contribution < -0.4 is 5.32 Å². The summed E-state index contributed by atoms with van der Waals surface area (Å²) in [5.41, 5.74) is 1.01. The van der Waals surface area contributed by atoms with Gasteiger partial charge in [0, 0.05) is 10.6 Å². The highest BCUT2D eigenvalue weighted by atomic mass is 35.5. The molecule has 0 aliphatic carbocycles. The van der Waals surface area contributed by atoms with E-state index in [1.165, 1.54) is 18.1 Å². The zero-order valence-electron chi connectivity index (χ0n) is 10.3. The highest BCUT2D eigenvalue weighted by Gasteiger charge is 2.02. The molecule has 0 spiro atoms. The summed E-state index contributed by atoms with van der Waals surface area (Å²) in [4.78, 5) is 5.16. The molecule has 2 heterocycles. The predicted octanol–water partition coefficient (Wildman–Crippen LogP) is 3.81. The first kappa shape index (κ1) is 13.1. The number of halogens is 1. The van der Waals surface area contributed by atoms with Gasteiger partial charge in [-0.05, 0) is 48.0 Å². The van der Waals surface area contributed by atoms with Gasteiger partial charge < -0.3 is 9.73 Å². The molecule has 102 valence electrons. The summed E-state index contributed by atoms with van der Waals surface area (Å²) < 4.78 is 5.28. The van der Waals surface area contributed by atoms with Crippen molar-refractivity contribution in [2.45, 2.75) is 16.6 Å². The standard InChI is InChI=1S/C13H11ClN4OS/c14-12-6-3-10(19-12)7-15-9-1-4-11(5-2-9)20-13-16-8-17-18-13/h1-6,8,15H,7H2,(H,16,17,18). The van der Waals surface area contributed by atoms with Crippen LogP contribution in [-0.4, -0.2) is 15.2 Å². The van der Waals surface area contributed by atoms with Crippen LogP contribution in [-0.2, 0) is 6.54 Å². The summed E-state index contributed by atoms with van der Waals surface area (Å²) >= 11 is 7.25. The molecule has 0 radical (unpaired) electrons. The number of hydrogen-bond donors (Lipinski definition) is 2. The number of furan rings is 1. The summed E-state index contributed by atoms with van der Waals surface area (Å²) in [6.45, 7) is 0.599. The largest absolute Gasteiger partial charge is 0.448 e. The minimum atomic E-state index is 0.403. The van der Waals surface area contributed by atoms with E-state index in [1.807, 2.05) is 30.3 Å². The van der Waals surface area contributed by atoms with Crippen LogP contribution in [0.3, 0.4) is 0 Å². The molecular weight excluding hydrogens is 296 g/mol. The monoisotopic (exact) mass is 306 g/mol. The lowest BCUT2D eigenvalue weighted by atomic mass is 10.3. The predicted molar refractivity (Wildman–Crippen MR) is 78.0 cm³/mol. The second kappa shape index (κ2) is 6.02. The van der Waals surface area contributed by atoms with Crippen molar-refractivity contribution in [3.8, 4) is 0 Å². The highest BCUT2D eigenvalue weighted by Crippen LogP contribution is 2.25. The van der Waals surface area contributed by atoms with Gasteiger partial charge >= 0.3 is 0 Å². The summed E-state index contributed by atoms with van der Waals surface area (Å²) in [5, 5.41) is 11.1. The van der Waals surface area contributed by atoms with Crippen molar-refractivity contribution in [3.63, 3.8) is 0 Å². The van der Waals surface area contributed by atoms with Crippen LogP contribution in [0.5, 0.6) is 0 Å². The lowest BCUT2D eigenvalue weighted by molar-refractivity contribution is 0.520. The van der Waals surface area contributed by atoms with Crippen LogP contribution in [0.15, 0.2) is 57.2 Å². The Hall–Kier alpha value is -1.92. The molecule has 2 N–H and O–H groups in total. The quantitative estimate of drug-likeness (QED) is 0.750. The molecule has 20 heavy (non-hydrogen) atoms. The smallest absolute Gasteiger partial charge is 0.193 e. The number of aromatic amines is 1. The Kier molecular flexibility index (Phi) is 3.94. The zero-order valence-corrected chi connectivity index (χ0v) is 11.9.